The van der Waals surface area contributed by atoms with Crippen molar-refractivity contribution >= 4 is 39.3 Å². The molecule has 0 saturated heterocycles. The second-order valence-corrected chi connectivity index (χ2v) is 8.97. The molecule has 1 aromatic heterocycles. The Balaban J connectivity index is 2.06. The first-order chi connectivity index (χ1) is 13.9. The number of anilines is 1. The number of fused-ring (bicyclic) bond motifs is 1. The van der Waals surface area contributed by atoms with Crippen molar-refractivity contribution in [3.05, 3.63) is 52.3 Å². The number of nitrogens with one attached hydrogen (secondary N) is 2. The van der Waals surface area contributed by atoms with Gasteiger partial charge in [-0.3, -0.25) is 4.79 Å². The third-order valence-electron chi connectivity index (χ3n) is 4.67. The van der Waals surface area contributed by atoms with E-state index in [2.05, 4.69) is 5.32 Å². The topological polar surface area (TPSA) is 80.2 Å². The molecule has 1 atom stereocenters. The van der Waals surface area contributed by atoms with Crippen LogP contribution in [0.2, 0.25) is 5.02 Å². The summed E-state index contributed by atoms with van der Waals surface area (Å²) in [5, 5.41) is 3.06. The largest absolute Gasteiger partial charge is 0.404 e. The summed E-state index contributed by atoms with van der Waals surface area (Å²) in [6, 6.07) is 4.13. The lowest BCUT2D eigenvalue weighted by Gasteiger charge is -2.18. The summed E-state index contributed by atoms with van der Waals surface area (Å²) in [4.78, 5) is 12.6. The van der Waals surface area contributed by atoms with Gasteiger partial charge in [0.25, 0.3) is 5.91 Å². The zero-order chi connectivity index (χ0) is 22.3. The highest BCUT2D eigenvalue weighted by Gasteiger charge is 2.41. The van der Waals surface area contributed by atoms with Crippen molar-refractivity contribution in [3.63, 3.8) is 0 Å². The summed E-state index contributed by atoms with van der Waals surface area (Å²) in [5.41, 5.74) is 0.700. The number of carbonyl (C=O) groups excluding carboxylic acids is 1. The Kier molecular flexibility index (Phi) is 6.03. The molecule has 162 valence electrons. The highest BCUT2D eigenvalue weighted by atomic mass is 35.5. The maximum absolute atomic E-state index is 12.9. The second kappa shape index (κ2) is 8.09. The minimum absolute atomic E-state index is 0.0642. The minimum Gasteiger partial charge on any atom is -0.335 e. The van der Waals surface area contributed by atoms with Gasteiger partial charge in [-0.1, -0.05) is 23.7 Å². The maximum atomic E-state index is 12.9. The van der Waals surface area contributed by atoms with E-state index in [0.29, 0.717) is 23.7 Å². The number of alkyl halides is 3. The molecule has 1 aliphatic heterocycles. The molecule has 0 spiro atoms. The minimum atomic E-state index is -4.75. The van der Waals surface area contributed by atoms with Gasteiger partial charge < -0.3 is 9.88 Å². The number of allylic oxidation sites excluding steroid dienone is 1. The highest BCUT2D eigenvalue weighted by Crippen LogP contribution is 2.32. The predicted octanol–water partition coefficient (Wildman–Crippen LogP) is 4.35. The van der Waals surface area contributed by atoms with E-state index in [9.17, 15) is 26.4 Å². The monoisotopic (exact) mass is 461 g/mol. The molecule has 30 heavy (non-hydrogen) atoms. The number of nitrogens with zero attached hydrogens (tertiary/aromatic N) is 1. The van der Waals surface area contributed by atoms with Crippen LogP contribution in [0, 0.1) is 6.92 Å². The average molecular weight is 462 g/mol. The molecule has 0 saturated carbocycles. The van der Waals surface area contributed by atoms with Gasteiger partial charge in [-0.15, -0.1) is 0 Å². The molecule has 1 aliphatic rings. The molecule has 0 radical (unpaired) electrons. The van der Waals surface area contributed by atoms with Crippen LogP contribution in [-0.4, -0.2) is 31.1 Å². The number of rotatable bonds is 5. The molecule has 2 aromatic rings. The quantitative estimate of drug-likeness (QED) is 0.694. The maximum Gasteiger partial charge on any atom is 0.404 e. The van der Waals surface area contributed by atoms with E-state index in [1.807, 2.05) is 0 Å². The van der Waals surface area contributed by atoms with Crippen LogP contribution >= 0.6 is 11.6 Å². The first-order valence-electron chi connectivity index (χ1n) is 8.97. The lowest BCUT2D eigenvalue weighted by molar-refractivity contribution is -0.147. The van der Waals surface area contributed by atoms with Crippen molar-refractivity contribution < 1.29 is 26.4 Å². The van der Waals surface area contributed by atoms with Crippen molar-refractivity contribution in [2.24, 2.45) is 0 Å². The van der Waals surface area contributed by atoms with Crippen LogP contribution in [0.25, 0.3) is 6.08 Å². The molecular formula is C19H19ClF3N3O3S. The highest BCUT2D eigenvalue weighted by molar-refractivity contribution is 7.89. The molecular weight excluding hydrogens is 443 g/mol. The number of halogens is 4. The Morgan fingerprint density at radius 2 is 2.00 bits per heavy atom. The fourth-order valence-electron chi connectivity index (χ4n) is 3.29. The van der Waals surface area contributed by atoms with Gasteiger partial charge in [0.05, 0.1) is 5.69 Å². The lowest BCUT2D eigenvalue weighted by Crippen LogP contribution is -2.43. The van der Waals surface area contributed by atoms with Gasteiger partial charge in [0, 0.05) is 22.8 Å². The van der Waals surface area contributed by atoms with E-state index >= 15 is 0 Å². The Morgan fingerprint density at radius 3 is 2.63 bits per heavy atom. The van der Waals surface area contributed by atoms with E-state index in [0.717, 1.165) is 6.92 Å². The van der Waals surface area contributed by atoms with Gasteiger partial charge in [0.1, 0.15) is 16.6 Å². The number of benzene rings is 1. The van der Waals surface area contributed by atoms with Crippen molar-refractivity contribution in [1.82, 2.24) is 9.29 Å². The molecule has 2 heterocycles. The molecule has 0 bridgehead atoms. The molecule has 1 unspecified atom stereocenters. The average Bonchev–Trinajstić information content (AvgIpc) is 2.93. The normalized spacial score (nSPS) is 15.0. The zero-order valence-electron chi connectivity index (χ0n) is 16.0. The number of aromatic nitrogens is 1. The van der Waals surface area contributed by atoms with Crippen LogP contribution in [0.15, 0.2) is 35.2 Å². The van der Waals surface area contributed by atoms with Gasteiger partial charge in [-0.2, -0.15) is 17.9 Å². The smallest absolute Gasteiger partial charge is 0.335 e. The summed E-state index contributed by atoms with van der Waals surface area (Å²) in [6.45, 7) is 2.44. The number of sulfonamides is 1. The Hall–Kier alpha value is -2.30. The fourth-order valence-corrected chi connectivity index (χ4v) is 5.15. The van der Waals surface area contributed by atoms with Gasteiger partial charge in [-0.05, 0) is 44.5 Å². The Bertz CT molecular complexity index is 1120. The van der Waals surface area contributed by atoms with Crippen LogP contribution in [-0.2, 0) is 16.6 Å². The summed E-state index contributed by atoms with van der Waals surface area (Å²) in [6.07, 6.45) is -0.993. The van der Waals surface area contributed by atoms with E-state index in [4.69, 9.17) is 11.6 Å². The predicted molar refractivity (Wildman–Crippen MR) is 108 cm³/mol. The third-order valence-corrected chi connectivity index (χ3v) is 6.63. The Labute approximate surface area is 176 Å². The first-order valence-corrected chi connectivity index (χ1v) is 10.8. The van der Waals surface area contributed by atoms with Gasteiger partial charge >= 0.3 is 6.18 Å². The zero-order valence-corrected chi connectivity index (χ0v) is 17.6. The van der Waals surface area contributed by atoms with Crippen molar-refractivity contribution in [2.45, 2.75) is 43.9 Å². The number of carbonyl (C=O) groups is 1. The summed E-state index contributed by atoms with van der Waals surface area (Å²) in [5.74, 6) is -0.586. The molecule has 3 rings (SSSR count). The van der Waals surface area contributed by atoms with Crippen LogP contribution in [0.1, 0.15) is 35.1 Å². The summed E-state index contributed by atoms with van der Waals surface area (Å²) >= 11 is 5.93. The summed E-state index contributed by atoms with van der Waals surface area (Å²) in [7, 11) is -4.55. The Morgan fingerprint density at radius 1 is 1.30 bits per heavy atom. The van der Waals surface area contributed by atoms with E-state index in [1.165, 1.54) is 23.6 Å². The molecule has 1 aromatic carbocycles. The van der Waals surface area contributed by atoms with Crippen molar-refractivity contribution in [3.8, 4) is 0 Å². The van der Waals surface area contributed by atoms with Crippen LogP contribution < -0.4 is 10.0 Å². The van der Waals surface area contributed by atoms with E-state index in [-0.39, 0.29) is 21.8 Å². The third kappa shape index (κ3) is 4.40. The molecule has 0 aliphatic carbocycles. The van der Waals surface area contributed by atoms with E-state index < -0.39 is 28.1 Å². The number of hydrogen-bond donors (Lipinski definition) is 2. The van der Waals surface area contributed by atoms with E-state index in [1.54, 1.807) is 29.0 Å². The molecule has 2 N–H and O–H groups in total. The lowest BCUT2D eigenvalue weighted by atomic mass is 10.2. The SMILES string of the molecule is Cc1c(S(=O)(=O)NC(C)C(F)(F)F)c2n(c1C(=O)Nc1cccc(Cl)c1)CCC=C2. The van der Waals surface area contributed by atoms with Crippen molar-refractivity contribution in [1.29, 1.82) is 0 Å². The molecule has 1 amide bonds. The van der Waals surface area contributed by atoms with Crippen LogP contribution in [0.5, 0.6) is 0 Å². The van der Waals surface area contributed by atoms with Gasteiger partial charge in [0.2, 0.25) is 10.0 Å². The standard InChI is InChI=1S/C19H19ClF3N3O3S/c1-11-16(18(27)24-14-7-5-6-13(20)10-14)26-9-4-3-8-15(26)17(11)30(28,29)25-12(2)19(21,22)23/h3,5-8,10,12,25H,4,9H2,1-2H3,(H,24,27). The first kappa shape index (κ1) is 22.4. The fraction of sp³-hybridized carbons (Fsp3) is 0.316. The van der Waals surface area contributed by atoms with Crippen LogP contribution in [0.4, 0.5) is 18.9 Å². The van der Waals surface area contributed by atoms with Crippen LogP contribution in [0.3, 0.4) is 0 Å². The van der Waals surface area contributed by atoms with Gasteiger partial charge in [0.15, 0.2) is 0 Å². The number of amides is 1. The molecule has 0 fully saturated rings. The molecule has 6 nitrogen and oxygen atoms in total. The second-order valence-electron chi connectivity index (χ2n) is 6.88. The van der Waals surface area contributed by atoms with Gasteiger partial charge in [-0.25, -0.2) is 8.42 Å². The molecule has 11 heteroatoms. The summed E-state index contributed by atoms with van der Waals surface area (Å²) < 4.78 is 67.6. The number of hydrogen-bond acceptors (Lipinski definition) is 3. The van der Waals surface area contributed by atoms with Crippen molar-refractivity contribution in [2.75, 3.05) is 5.32 Å².